The number of amides is 2. The van der Waals surface area contributed by atoms with Crippen molar-refractivity contribution in [1.82, 2.24) is 10.2 Å². The van der Waals surface area contributed by atoms with Gasteiger partial charge in [-0.3, -0.25) is 19.3 Å². The van der Waals surface area contributed by atoms with Crippen LogP contribution >= 0.6 is 35.3 Å². The second-order valence-corrected chi connectivity index (χ2v) is 10.6. The first-order valence-electron chi connectivity index (χ1n) is 10.8. The number of hydrogen-bond donors (Lipinski definition) is 2. The molecule has 2 N–H and O–H groups in total. The molecule has 0 atom stereocenters. The Bertz CT molecular complexity index is 1250. The molecule has 1 aromatic carbocycles. The van der Waals surface area contributed by atoms with E-state index in [2.05, 4.69) is 5.32 Å². The third kappa shape index (κ3) is 7.80. The Morgan fingerprint density at radius 1 is 1.00 bits per heavy atom. The Balaban J connectivity index is 1.71. The summed E-state index contributed by atoms with van der Waals surface area (Å²) >= 11 is 7.17. The fraction of sp³-hybridized carbons (Fsp3) is 0.304. The van der Waals surface area contributed by atoms with Crippen LogP contribution in [0.25, 0.3) is 17.2 Å². The van der Waals surface area contributed by atoms with Gasteiger partial charge >= 0.3 is 18.3 Å². The third-order valence-electron chi connectivity index (χ3n) is 5.14. The van der Waals surface area contributed by atoms with Crippen LogP contribution in [0.1, 0.15) is 35.3 Å². The number of rotatable bonds is 9. The first kappa shape index (κ1) is 29.6. The maximum absolute atomic E-state index is 13.2. The van der Waals surface area contributed by atoms with Crippen molar-refractivity contribution in [3.05, 3.63) is 50.6 Å². The predicted molar refractivity (Wildman–Crippen MR) is 134 cm³/mol. The lowest BCUT2D eigenvalue weighted by Crippen LogP contribution is -2.33. The molecule has 6 nitrogen and oxygen atoms in total. The molecule has 0 spiro atoms. The Labute approximate surface area is 225 Å². The number of thiophene rings is 1. The van der Waals surface area contributed by atoms with Crippen molar-refractivity contribution in [1.29, 1.82) is 0 Å². The number of thiocarbonyl (C=S) groups is 1. The number of benzene rings is 1. The Hall–Kier alpha value is -2.91. The number of carbonyl (C=O) groups is 3. The molecule has 38 heavy (non-hydrogen) atoms. The summed E-state index contributed by atoms with van der Waals surface area (Å²) in [6.45, 7) is 0.146. The largest absolute Gasteiger partial charge is 0.481 e. The maximum Gasteiger partial charge on any atom is 0.416 e. The van der Waals surface area contributed by atoms with Crippen LogP contribution in [0.15, 0.2) is 34.6 Å². The first-order valence-corrected chi connectivity index (χ1v) is 12.9. The van der Waals surface area contributed by atoms with Crippen molar-refractivity contribution in [2.75, 3.05) is 13.1 Å². The van der Waals surface area contributed by atoms with Crippen molar-refractivity contribution in [3.8, 4) is 11.1 Å². The van der Waals surface area contributed by atoms with Crippen molar-refractivity contribution in [2.24, 2.45) is 0 Å². The number of alkyl halides is 6. The number of halogens is 6. The van der Waals surface area contributed by atoms with E-state index in [1.807, 2.05) is 0 Å². The van der Waals surface area contributed by atoms with Gasteiger partial charge in [-0.2, -0.15) is 26.3 Å². The normalized spacial score (nSPS) is 15.4. The topological polar surface area (TPSA) is 86.7 Å². The molecule has 0 radical (unpaired) electrons. The lowest BCUT2D eigenvalue weighted by Gasteiger charge is -2.14. The minimum Gasteiger partial charge on any atom is -0.481 e. The highest BCUT2D eigenvalue weighted by Gasteiger charge is 2.37. The van der Waals surface area contributed by atoms with E-state index in [1.54, 1.807) is 0 Å². The van der Waals surface area contributed by atoms with Crippen LogP contribution in [0.5, 0.6) is 0 Å². The number of aliphatic carboxylic acids is 1. The third-order valence-corrected chi connectivity index (χ3v) is 7.40. The van der Waals surface area contributed by atoms with Gasteiger partial charge in [0.1, 0.15) is 4.32 Å². The molecular formula is C23H18F6N2O4S3. The zero-order valence-electron chi connectivity index (χ0n) is 19.1. The van der Waals surface area contributed by atoms with E-state index in [9.17, 15) is 40.7 Å². The quantitative estimate of drug-likeness (QED) is 0.159. The molecule has 1 saturated heterocycles. The molecular weight excluding hydrogens is 578 g/mol. The van der Waals surface area contributed by atoms with E-state index >= 15 is 0 Å². The van der Waals surface area contributed by atoms with Gasteiger partial charge in [0.05, 0.1) is 16.0 Å². The van der Waals surface area contributed by atoms with E-state index in [0.717, 1.165) is 23.1 Å². The monoisotopic (exact) mass is 596 g/mol. The second-order valence-electron chi connectivity index (χ2n) is 7.96. The van der Waals surface area contributed by atoms with Gasteiger partial charge in [0, 0.05) is 30.8 Å². The van der Waals surface area contributed by atoms with Gasteiger partial charge < -0.3 is 10.4 Å². The molecule has 2 heterocycles. The van der Waals surface area contributed by atoms with Crippen molar-refractivity contribution in [2.45, 2.75) is 31.6 Å². The Morgan fingerprint density at radius 3 is 2.21 bits per heavy atom. The minimum atomic E-state index is -4.97. The van der Waals surface area contributed by atoms with E-state index < -0.39 is 41.3 Å². The number of carbonyl (C=O) groups excluding carboxylic acids is 2. The molecule has 1 aromatic heterocycles. The molecule has 0 aliphatic carbocycles. The summed E-state index contributed by atoms with van der Waals surface area (Å²) in [6, 6.07) is 2.69. The first-order chi connectivity index (χ1) is 17.6. The summed E-state index contributed by atoms with van der Waals surface area (Å²) in [7, 11) is 0. The van der Waals surface area contributed by atoms with Gasteiger partial charge in [0.15, 0.2) is 0 Å². The SMILES string of the molecule is O=C(O)CCCNC(=O)CCN1C(=O)/C(=C/c2cc(-c3cc(C(F)(F)F)cc(C(F)(F)F)c3)cs2)SC1=S. The molecule has 1 fully saturated rings. The highest BCUT2D eigenvalue weighted by molar-refractivity contribution is 8.26. The Morgan fingerprint density at radius 2 is 1.63 bits per heavy atom. The molecule has 3 rings (SSSR count). The summed E-state index contributed by atoms with van der Waals surface area (Å²) in [5.74, 6) is -1.87. The van der Waals surface area contributed by atoms with Gasteiger partial charge in [-0.05, 0) is 53.3 Å². The van der Waals surface area contributed by atoms with Crippen LogP contribution in [0.3, 0.4) is 0 Å². The molecule has 0 bridgehead atoms. The van der Waals surface area contributed by atoms with Gasteiger partial charge in [-0.1, -0.05) is 24.0 Å². The molecule has 0 saturated carbocycles. The summed E-state index contributed by atoms with van der Waals surface area (Å²) in [4.78, 5) is 37.0. The second kappa shape index (κ2) is 11.9. The molecule has 0 unspecified atom stereocenters. The number of nitrogens with zero attached hydrogens (tertiary/aromatic N) is 1. The van der Waals surface area contributed by atoms with E-state index in [-0.39, 0.29) is 58.8 Å². The lowest BCUT2D eigenvalue weighted by molar-refractivity contribution is -0.143. The zero-order valence-corrected chi connectivity index (χ0v) is 21.6. The van der Waals surface area contributed by atoms with Crippen molar-refractivity contribution < 1.29 is 45.8 Å². The Kier molecular flexibility index (Phi) is 9.26. The number of carboxylic acids is 1. The number of nitrogens with one attached hydrogen (secondary N) is 1. The molecule has 204 valence electrons. The fourth-order valence-corrected chi connectivity index (χ4v) is 5.51. The highest BCUT2D eigenvalue weighted by Crippen LogP contribution is 2.40. The summed E-state index contributed by atoms with van der Waals surface area (Å²) in [5.41, 5.74) is -3.01. The molecule has 1 aliphatic heterocycles. The van der Waals surface area contributed by atoms with Crippen molar-refractivity contribution in [3.63, 3.8) is 0 Å². The summed E-state index contributed by atoms with van der Waals surface area (Å²) < 4.78 is 79.3. The molecule has 15 heteroatoms. The molecule has 2 amide bonds. The predicted octanol–water partition coefficient (Wildman–Crippen LogP) is 6.03. The van der Waals surface area contributed by atoms with E-state index in [0.29, 0.717) is 17.0 Å². The summed E-state index contributed by atoms with van der Waals surface area (Å²) in [5, 5.41) is 12.5. The maximum atomic E-state index is 13.2. The fourth-order valence-electron chi connectivity index (χ4n) is 3.29. The van der Waals surface area contributed by atoms with Gasteiger partial charge in [-0.25, -0.2) is 0 Å². The number of hydrogen-bond acceptors (Lipinski definition) is 6. The van der Waals surface area contributed by atoms with Crippen LogP contribution in [0, 0.1) is 0 Å². The van der Waals surface area contributed by atoms with E-state index in [1.165, 1.54) is 22.4 Å². The lowest BCUT2D eigenvalue weighted by atomic mass is 10.0. The van der Waals surface area contributed by atoms with Gasteiger partial charge in [-0.15, -0.1) is 11.3 Å². The van der Waals surface area contributed by atoms with Crippen LogP contribution in [-0.2, 0) is 26.7 Å². The van der Waals surface area contributed by atoms with Crippen LogP contribution in [0.4, 0.5) is 26.3 Å². The standard InChI is InChI=1S/C23H18F6N2O4S3/c24-22(25,26)14-6-12(7-15(9-14)23(27,28)29)13-8-16(37-11-13)10-17-20(35)31(21(36)38-17)5-3-18(32)30-4-1-2-19(33)34/h6-11H,1-5H2,(H,30,32)(H,33,34)/b17-10-. The smallest absolute Gasteiger partial charge is 0.416 e. The zero-order chi connectivity index (χ0) is 28.3. The van der Waals surface area contributed by atoms with Gasteiger partial charge in [0.25, 0.3) is 5.91 Å². The van der Waals surface area contributed by atoms with Crippen LogP contribution in [-0.4, -0.2) is 45.2 Å². The average molecular weight is 597 g/mol. The van der Waals surface area contributed by atoms with Gasteiger partial charge in [0.2, 0.25) is 5.91 Å². The minimum absolute atomic E-state index is 0.0209. The van der Waals surface area contributed by atoms with E-state index in [4.69, 9.17) is 17.3 Å². The van der Waals surface area contributed by atoms with Crippen LogP contribution < -0.4 is 5.32 Å². The van der Waals surface area contributed by atoms with Crippen molar-refractivity contribution >= 4 is 63.5 Å². The number of thioether (sulfide) groups is 1. The van der Waals surface area contributed by atoms with Crippen LogP contribution in [0.2, 0.25) is 0 Å². The molecule has 2 aromatic rings. The highest BCUT2D eigenvalue weighted by atomic mass is 32.2. The summed E-state index contributed by atoms with van der Waals surface area (Å²) in [6.07, 6.45) is -8.44. The molecule has 1 aliphatic rings. The average Bonchev–Trinajstić information content (AvgIpc) is 3.38. The number of carboxylic acid groups (broad SMARTS) is 1.